The number of hydrogen-bond donors (Lipinski definition) is 2. The third-order valence-electron chi connectivity index (χ3n) is 5.18. The molecule has 0 saturated heterocycles. The number of benzene rings is 2. The minimum atomic E-state index is -0.706. The van der Waals surface area contributed by atoms with Crippen molar-refractivity contribution in [3.8, 4) is 0 Å². The lowest BCUT2D eigenvalue weighted by Crippen LogP contribution is -2.35. The topological polar surface area (TPSA) is 78.5 Å². The van der Waals surface area contributed by atoms with E-state index in [0.29, 0.717) is 12.2 Å². The number of aryl methyl sites for hydroxylation is 1. The first-order chi connectivity index (χ1) is 13.0. The molecule has 0 saturated carbocycles. The van der Waals surface area contributed by atoms with E-state index in [1.165, 1.54) is 0 Å². The fraction of sp³-hybridized carbons (Fsp3) is 0.286. The molecule has 0 spiro atoms. The van der Waals surface area contributed by atoms with Gasteiger partial charge in [0.25, 0.3) is 0 Å². The lowest BCUT2D eigenvalue weighted by Gasteiger charge is -2.26. The smallest absolute Gasteiger partial charge is 0.313 e. The van der Waals surface area contributed by atoms with Crippen molar-refractivity contribution >= 4 is 29.1 Å². The molecule has 0 fully saturated rings. The molecular formula is C21H21N3O3. The highest BCUT2D eigenvalue weighted by Crippen LogP contribution is 2.44. The number of rotatable bonds is 3. The Morgan fingerprint density at radius 2 is 1.93 bits per heavy atom. The Bertz CT molecular complexity index is 924. The number of nitrogens with one attached hydrogen (secondary N) is 2. The maximum atomic E-state index is 12.4. The molecule has 2 heterocycles. The minimum absolute atomic E-state index is 0.107. The molecule has 0 unspecified atom stereocenters. The van der Waals surface area contributed by atoms with Crippen LogP contribution >= 0.6 is 0 Å². The van der Waals surface area contributed by atoms with Gasteiger partial charge in [0, 0.05) is 18.8 Å². The van der Waals surface area contributed by atoms with Crippen LogP contribution in [0.15, 0.2) is 42.5 Å². The van der Waals surface area contributed by atoms with E-state index in [2.05, 4.69) is 10.6 Å². The van der Waals surface area contributed by atoms with E-state index in [4.69, 9.17) is 0 Å². The third kappa shape index (κ3) is 3.18. The highest BCUT2D eigenvalue weighted by atomic mass is 16.2. The Kier molecular flexibility index (Phi) is 4.39. The van der Waals surface area contributed by atoms with Crippen LogP contribution in [0.4, 0.5) is 11.4 Å². The SMILES string of the molecule is C[C@@H]1C(=O)N2CCCc3cc(NC(=O)C(=O)NCc4ccccc4)cc1c32. The van der Waals surface area contributed by atoms with Crippen LogP contribution in [0.1, 0.15) is 36.0 Å². The molecule has 0 aromatic heterocycles. The molecule has 0 bridgehead atoms. The fourth-order valence-corrected chi connectivity index (χ4v) is 3.81. The van der Waals surface area contributed by atoms with Crippen LogP contribution in [0.5, 0.6) is 0 Å². The zero-order chi connectivity index (χ0) is 19.0. The summed E-state index contributed by atoms with van der Waals surface area (Å²) in [6.07, 6.45) is 1.77. The van der Waals surface area contributed by atoms with Crippen LogP contribution in [0.2, 0.25) is 0 Å². The number of amides is 3. The van der Waals surface area contributed by atoms with E-state index in [9.17, 15) is 14.4 Å². The molecule has 1 atom stereocenters. The second-order valence-corrected chi connectivity index (χ2v) is 7.01. The molecule has 2 aromatic carbocycles. The quantitative estimate of drug-likeness (QED) is 0.822. The Morgan fingerprint density at radius 3 is 2.70 bits per heavy atom. The van der Waals surface area contributed by atoms with Crippen molar-refractivity contribution in [3.05, 3.63) is 59.2 Å². The number of carbonyl (C=O) groups is 3. The summed E-state index contributed by atoms with van der Waals surface area (Å²) < 4.78 is 0. The molecule has 2 aliphatic rings. The van der Waals surface area contributed by atoms with E-state index in [1.54, 1.807) is 0 Å². The van der Waals surface area contributed by atoms with Crippen molar-refractivity contribution in [3.63, 3.8) is 0 Å². The van der Waals surface area contributed by atoms with E-state index in [1.807, 2.05) is 54.3 Å². The minimum Gasteiger partial charge on any atom is -0.344 e. The Labute approximate surface area is 157 Å². The predicted molar refractivity (Wildman–Crippen MR) is 102 cm³/mol. The maximum absolute atomic E-state index is 12.4. The molecule has 2 N–H and O–H groups in total. The number of hydrogen-bond acceptors (Lipinski definition) is 3. The van der Waals surface area contributed by atoms with Crippen LogP contribution in [0, 0.1) is 0 Å². The van der Waals surface area contributed by atoms with Crippen molar-refractivity contribution < 1.29 is 14.4 Å². The summed E-state index contributed by atoms with van der Waals surface area (Å²) in [5, 5.41) is 5.30. The molecule has 0 aliphatic carbocycles. The van der Waals surface area contributed by atoms with Gasteiger partial charge in [0.1, 0.15) is 0 Å². The zero-order valence-electron chi connectivity index (χ0n) is 15.1. The van der Waals surface area contributed by atoms with Crippen LogP contribution < -0.4 is 15.5 Å². The van der Waals surface area contributed by atoms with Crippen molar-refractivity contribution in [2.75, 3.05) is 16.8 Å². The highest BCUT2D eigenvalue weighted by Gasteiger charge is 2.38. The first kappa shape index (κ1) is 17.3. The van der Waals surface area contributed by atoms with Gasteiger partial charge in [-0.05, 0) is 48.6 Å². The molecule has 6 heteroatoms. The molecule has 138 valence electrons. The van der Waals surface area contributed by atoms with Crippen LogP contribution in [0.3, 0.4) is 0 Å². The van der Waals surface area contributed by atoms with Crippen molar-refractivity contribution in [1.29, 1.82) is 0 Å². The second kappa shape index (κ2) is 6.87. The van der Waals surface area contributed by atoms with Crippen LogP contribution in [0.25, 0.3) is 0 Å². The number of anilines is 2. The highest BCUT2D eigenvalue weighted by molar-refractivity contribution is 6.39. The van der Waals surface area contributed by atoms with Gasteiger partial charge in [-0.3, -0.25) is 14.4 Å². The van der Waals surface area contributed by atoms with Gasteiger partial charge >= 0.3 is 11.8 Å². The van der Waals surface area contributed by atoms with Gasteiger partial charge < -0.3 is 15.5 Å². The summed E-state index contributed by atoms with van der Waals surface area (Å²) >= 11 is 0. The molecular weight excluding hydrogens is 342 g/mol. The Morgan fingerprint density at radius 1 is 1.15 bits per heavy atom. The van der Waals surface area contributed by atoms with E-state index in [-0.39, 0.29) is 11.8 Å². The number of carbonyl (C=O) groups excluding carboxylic acids is 3. The third-order valence-corrected chi connectivity index (χ3v) is 5.18. The Hall–Kier alpha value is -3.15. The van der Waals surface area contributed by atoms with Crippen molar-refractivity contribution in [2.45, 2.75) is 32.2 Å². The van der Waals surface area contributed by atoms with Crippen LogP contribution in [-0.2, 0) is 27.3 Å². The predicted octanol–water partition coefficient (Wildman–Crippen LogP) is 2.34. The summed E-state index contributed by atoms with van der Waals surface area (Å²) in [5.41, 5.74) is 4.46. The summed E-state index contributed by atoms with van der Waals surface area (Å²) in [6.45, 7) is 2.92. The molecule has 2 aromatic rings. The van der Waals surface area contributed by atoms with E-state index in [0.717, 1.165) is 41.8 Å². The van der Waals surface area contributed by atoms with Gasteiger partial charge in [-0.2, -0.15) is 0 Å². The summed E-state index contributed by atoms with van der Waals surface area (Å²) in [4.78, 5) is 38.6. The average molecular weight is 363 g/mol. The van der Waals surface area contributed by atoms with E-state index >= 15 is 0 Å². The molecule has 3 amide bonds. The lowest BCUT2D eigenvalue weighted by molar-refractivity contribution is -0.136. The summed E-state index contributed by atoms with van der Waals surface area (Å²) in [5.74, 6) is -1.50. The Balaban J connectivity index is 1.48. The lowest BCUT2D eigenvalue weighted by atomic mass is 9.96. The normalized spacial score (nSPS) is 17.4. The fourth-order valence-electron chi connectivity index (χ4n) is 3.81. The van der Waals surface area contributed by atoms with Gasteiger partial charge in [0.15, 0.2) is 0 Å². The van der Waals surface area contributed by atoms with Gasteiger partial charge in [0.05, 0.1) is 11.6 Å². The van der Waals surface area contributed by atoms with Gasteiger partial charge in [-0.1, -0.05) is 30.3 Å². The maximum Gasteiger partial charge on any atom is 0.313 e. The largest absolute Gasteiger partial charge is 0.344 e. The molecule has 6 nitrogen and oxygen atoms in total. The zero-order valence-corrected chi connectivity index (χ0v) is 15.1. The summed E-state index contributed by atoms with van der Waals surface area (Å²) in [6, 6.07) is 13.1. The van der Waals surface area contributed by atoms with Gasteiger partial charge in [-0.25, -0.2) is 0 Å². The molecule has 0 radical (unpaired) electrons. The van der Waals surface area contributed by atoms with Crippen molar-refractivity contribution in [2.24, 2.45) is 0 Å². The van der Waals surface area contributed by atoms with Crippen LogP contribution in [-0.4, -0.2) is 24.3 Å². The average Bonchev–Trinajstić information content (AvgIpc) is 2.93. The standard InChI is InChI=1S/C21H21N3O3/c1-13-17-11-16(10-15-8-5-9-24(18(15)17)21(13)27)23-20(26)19(25)22-12-14-6-3-2-4-7-14/h2-4,6-7,10-11,13H,5,8-9,12H2,1H3,(H,22,25)(H,23,26)/t13-/m0/s1. The first-order valence-electron chi connectivity index (χ1n) is 9.16. The summed E-state index contributed by atoms with van der Waals surface area (Å²) in [7, 11) is 0. The van der Waals surface area contributed by atoms with Gasteiger partial charge in [-0.15, -0.1) is 0 Å². The molecule has 2 aliphatic heterocycles. The molecule has 27 heavy (non-hydrogen) atoms. The van der Waals surface area contributed by atoms with Crippen molar-refractivity contribution in [1.82, 2.24) is 5.32 Å². The molecule has 4 rings (SSSR count). The monoisotopic (exact) mass is 363 g/mol. The number of nitrogens with zero attached hydrogens (tertiary/aromatic N) is 1. The second-order valence-electron chi connectivity index (χ2n) is 7.01. The first-order valence-corrected chi connectivity index (χ1v) is 9.16. The van der Waals surface area contributed by atoms with E-state index < -0.39 is 11.8 Å². The van der Waals surface area contributed by atoms with Gasteiger partial charge in [0.2, 0.25) is 5.91 Å².